The number of hydrogen-bond donors (Lipinski definition) is 3. The van der Waals surface area contributed by atoms with Gasteiger partial charge in [-0.05, 0) is 29.8 Å². The van der Waals surface area contributed by atoms with Gasteiger partial charge in [0, 0.05) is 18.3 Å². The van der Waals surface area contributed by atoms with E-state index in [-0.39, 0.29) is 18.6 Å². The maximum atomic E-state index is 11.9. The van der Waals surface area contributed by atoms with Gasteiger partial charge in [0.15, 0.2) is 23.0 Å². The number of rotatable bonds is 4. The molecule has 0 saturated carbocycles. The van der Waals surface area contributed by atoms with E-state index in [9.17, 15) is 9.90 Å². The normalized spacial score (nSPS) is 11.9. The molecule has 0 radical (unpaired) electrons. The van der Waals surface area contributed by atoms with Gasteiger partial charge in [-0.3, -0.25) is 0 Å². The van der Waals surface area contributed by atoms with Gasteiger partial charge in [-0.15, -0.1) is 0 Å². The molecule has 2 aromatic rings. The molecule has 120 valence electrons. The molecule has 3 rings (SSSR count). The SMILES string of the molecule is COc1cc(CNC(=O)Nc2ccc3c(c2)OCO3)ccc1O. The summed E-state index contributed by atoms with van der Waals surface area (Å²) in [6.45, 7) is 0.487. The summed E-state index contributed by atoms with van der Waals surface area (Å²) >= 11 is 0. The zero-order valence-electron chi connectivity index (χ0n) is 12.5. The van der Waals surface area contributed by atoms with Gasteiger partial charge in [0.2, 0.25) is 6.79 Å². The lowest BCUT2D eigenvalue weighted by Gasteiger charge is -2.10. The van der Waals surface area contributed by atoms with Crippen LogP contribution < -0.4 is 24.8 Å². The first-order chi connectivity index (χ1) is 11.2. The quantitative estimate of drug-likeness (QED) is 0.806. The van der Waals surface area contributed by atoms with Crippen molar-refractivity contribution >= 4 is 11.7 Å². The lowest BCUT2D eigenvalue weighted by molar-refractivity contribution is 0.174. The highest BCUT2D eigenvalue weighted by Gasteiger charge is 2.14. The molecular weight excluding hydrogens is 300 g/mol. The fourth-order valence-corrected chi connectivity index (χ4v) is 2.16. The molecule has 0 bridgehead atoms. The Balaban J connectivity index is 1.57. The standard InChI is InChI=1S/C16H16N2O5/c1-21-14-6-10(2-4-12(14)19)8-17-16(20)18-11-3-5-13-15(7-11)23-9-22-13/h2-7,19H,8-9H2,1H3,(H2,17,18,20). The van der Waals surface area contributed by atoms with Crippen molar-refractivity contribution < 1.29 is 24.1 Å². The molecule has 0 aromatic heterocycles. The monoisotopic (exact) mass is 316 g/mol. The molecule has 0 spiro atoms. The minimum absolute atomic E-state index is 0.0565. The summed E-state index contributed by atoms with van der Waals surface area (Å²) in [6.07, 6.45) is 0. The minimum atomic E-state index is -0.351. The number of hydrogen-bond acceptors (Lipinski definition) is 5. The Morgan fingerprint density at radius 2 is 2.04 bits per heavy atom. The molecule has 3 N–H and O–H groups in total. The van der Waals surface area contributed by atoms with E-state index < -0.39 is 0 Å². The summed E-state index contributed by atoms with van der Waals surface area (Å²) < 4.78 is 15.5. The van der Waals surface area contributed by atoms with Gasteiger partial charge >= 0.3 is 6.03 Å². The summed E-state index contributed by atoms with van der Waals surface area (Å²) in [7, 11) is 1.47. The summed E-state index contributed by atoms with van der Waals surface area (Å²) in [4.78, 5) is 11.9. The highest BCUT2D eigenvalue weighted by atomic mass is 16.7. The number of nitrogens with one attached hydrogen (secondary N) is 2. The van der Waals surface area contributed by atoms with Crippen molar-refractivity contribution in [3.05, 3.63) is 42.0 Å². The van der Waals surface area contributed by atoms with Crippen LogP contribution in [0.4, 0.5) is 10.5 Å². The molecule has 23 heavy (non-hydrogen) atoms. The van der Waals surface area contributed by atoms with Crippen LogP contribution in [0.1, 0.15) is 5.56 Å². The predicted molar refractivity (Wildman–Crippen MR) is 83.1 cm³/mol. The molecular formula is C16H16N2O5. The van der Waals surface area contributed by atoms with E-state index in [0.29, 0.717) is 29.5 Å². The van der Waals surface area contributed by atoms with Crippen molar-refractivity contribution in [2.24, 2.45) is 0 Å². The Morgan fingerprint density at radius 3 is 2.87 bits per heavy atom. The molecule has 1 aliphatic heterocycles. The van der Waals surface area contributed by atoms with Crippen LogP contribution >= 0.6 is 0 Å². The van der Waals surface area contributed by atoms with Gasteiger partial charge in [-0.1, -0.05) is 6.07 Å². The molecule has 7 heteroatoms. The second-order valence-electron chi connectivity index (χ2n) is 4.88. The van der Waals surface area contributed by atoms with Crippen molar-refractivity contribution in [1.82, 2.24) is 5.32 Å². The third-order valence-electron chi connectivity index (χ3n) is 3.33. The van der Waals surface area contributed by atoms with Crippen molar-refractivity contribution in [2.45, 2.75) is 6.54 Å². The van der Waals surface area contributed by atoms with Crippen LogP contribution in [0.2, 0.25) is 0 Å². The van der Waals surface area contributed by atoms with E-state index in [4.69, 9.17) is 14.2 Å². The summed E-state index contributed by atoms with van der Waals surface area (Å²) in [5, 5.41) is 15.0. The van der Waals surface area contributed by atoms with Crippen LogP contribution in [0, 0.1) is 0 Å². The molecule has 0 fully saturated rings. The van der Waals surface area contributed by atoms with Gasteiger partial charge in [0.05, 0.1) is 7.11 Å². The molecule has 0 atom stereocenters. The highest BCUT2D eigenvalue weighted by molar-refractivity contribution is 5.89. The number of methoxy groups -OCH3 is 1. The van der Waals surface area contributed by atoms with E-state index in [0.717, 1.165) is 5.56 Å². The van der Waals surface area contributed by atoms with E-state index in [1.54, 1.807) is 30.3 Å². The van der Waals surface area contributed by atoms with E-state index >= 15 is 0 Å². The van der Waals surface area contributed by atoms with Crippen LogP contribution in [-0.2, 0) is 6.54 Å². The predicted octanol–water partition coefficient (Wildman–Crippen LogP) is 2.45. The second kappa shape index (κ2) is 6.35. The maximum absolute atomic E-state index is 11.9. The van der Waals surface area contributed by atoms with Crippen LogP contribution in [-0.4, -0.2) is 25.0 Å². The fraction of sp³-hybridized carbons (Fsp3) is 0.188. The largest absolute Gasteiger partial charge is 0.504 e. The Bertz CT molecular complexity index is 732. The zero-order chi connectivity index (χ0) is 16.2. The van der Waals surface area contributed by atoms with Crippen LogP contribution in [0.5, 0.6) is 23.0 Å². The van der Waals surface area contributed by atoms with Crippen molar-refractivity contribution in [3.63, 3.8) is 0 Å². The number of amides is 2. The van der Waals surface area contributed by atoms with Crippen molar-refractivity contribution in [2.75, 3.05) is 19.2 Å². The summed E-state index contributed by atoms with van der Waals surface area (Å²) in [6, 6.07) is 9.71. The van der Waals surface area contributed by atoms with Gasteiger partial charge in [-0.2, -0.15) is 0 Å². The van der Waals surface area contributed by atoms with Crippen molar-refractivity contribution in [1.29, 1.82) is 0 Å². The third kappa shape index (κ3) is 3.39. The number of ether oxygens (including phenoxy) is 3. The number of benzene rings is 2. The Labute approximate surface area is 132 Å². The first-order valence-corrected chi connectivity index (χ1v) is 6.96. The van der Waals surface area contributed by atoms with Gasteiger partial charge in [0.1, 0.15) is 0 Å². The Morgan fingerprint density at radius 1 is 1.22 bits per heavy atom. The topological polar surface area (TPSA) is 89.1 Å². The number of phenolic OH excluding ortho intramolecular Hbond substituents is 1. The number of urea groups is 1. The first-order valence-electron chi connectivity index (χ1n) is 6.96. The van der Waals surface area contributed by atoms with E-state index in [2.05, 4.69) is 10.6 Å². The highest BCUT2D eigenvalue weighted by Crippen LogP contribution is 2.34. The molecule has 0 unspecified atom stereocenters. The van der Waals surface area contributed by atoms with E-state index in [1.807, 2.05) is 0 Å². The average Bonchev–Trinajstić information content (AvgIpc) is 3.01. The Kier molecular flexibility index (Phi) is 4.09. The molecule has 7 nitrogen and oxygen atoms in total. The summed E-state index contributed by atoms with van der Waals surface area (Å²) in [5.74, 6) is 1.68. The molecule has 2 aromatic carbocycles. The first kappa shape index (κ1) is 14.8. The smallest absolute Gasteiger partial charge is 0.319 e. The number of anilines is 1. The Hall–Kier alpha value is -3.09. The maximum Gasteiger partial charge on any atom is 0.319 e. The number of aromatic hydroxyl groups is 1. The number of fused-ring (bicyclic) bond motifs is 1. The van der Waals surface area contributed by atoms with E-state index in [1.165, 1.54) is 13.2 Å². The lowest BCUT2D eigenvalue weighted by atomic mass is 10.2. The number of phenols is 1. The van der Waals surface area contributed by atoms with Gasteiger partial charge in [-0.25, -0.2) is 4.79 Å². The third-order valence-corrected chi connectivity index (χ3v) is 3.33. The second-order valence-corrected chi connectivity index (χ2v) is 4.88. The zero-order valence-corrected chi connectivity index (χ0v) is 12.5. The van der Waals surface area contributed by atoms with Crippen LogP contribution in [0.3, 0.4) is 0 Å². The fourth-order valence-electron chi connectivity index (χ4n) is 2.16. The number of carbonyl (C=O) groups excluding carboxylic acids is 1. The van der Waals surface area contributed by atoms with Crippen molar-refractivity contribution in [3.8, 4) is 23.0 Å². The molecule has 0 aliphatic carbocycles. The average molecular weight is 316 g/mol. The summed E-state index contributed by atoms with van der Waals surface area (Å²) in [5.41, 5.74) is 1.41. The van der Waals surface area contributed by atoms with Gasteiger partial charge in [0.25, 0.3) is 0 Å². The van der Waals surface area contributed by atoms with Crippen LogP contribution in [0.25, 0.3) is 0 Å². The molecule has 1 aliphatic rings. The molecule has 1 heterocycles. The van der Waals surface area contributed by atoms with Crippen LogP contribution in [0.15, 0.2) is 36.4 Å². The molecule has 0 saturated heterocycles. The number of carbonyl (C=O) groups is 1. The minimum Gasteiger partial charge on any atom is -0.504 e. The molecule has 2 amide bonds. The van der Waals surface area contributed by atoms with Gasteiger partial charge < -0.3 is 30.0 Å². The lowest BCUT2D eigenvalue weighted by Crippen LogP contribution is -2.28.